The first-order valence-electron chi connectivity index (χ1n) is 14.3. The molecule has 1 atom stereocenters. The van der Waals surface area contributed by atoms with Crippen molar-refractivity contribution < 1.29 is 23.8 Å². The Morgan fingerprint density at radius 1 is 1.12 bits per heavy atom. The van der Waals surface area contributed by atoms with Crippen LogP contribution in [0.25, 0.3) is 21.9 Å². The molecule has 0 bridgehead atoms. The van der Waals surface area contributed by atoms with Gasteiger partial charge in [0.2, 0.25) is 5.88 Å². The Hall–Kier alpha value is -4.35. The summed E-state index contributed by atoms with van der Waals surface area (Å²) in [5.74, 6) is 0.424. The predicted octanol–water partition coefficient (Wildman–Crippen LogP) is 4.89. The number of rotatable bonds is 9. The number of likely N-dealkylation sites (tertiary alicyclic amines) is 1. The van der Waals surface area contributed by atoms with Gasteiger partial charge in [0.05, 0.1) is 47.5 Å². The van der Waals surface area contributed by atoms with Crippen LogP contribution in [-0.2, 0) is 24.4 Å². The second-order valence-corrected chi connectivity index (χ2v) is 11.1. The summed E-state index contributed by atoms with van der Waals surface area (Å²) in [6, 6.07) is 14.1. The molecule has 0 aliphatic carbocycles. The summed E-state index contributed by atoms with van der Waals surface area (Å²) in [7, 11) is 0. The lowest BCUT2D eigenvalue weighted by atomic mass is 9.93. The molecule has 2 fully saturated rings. The van der Waals surface area contributed by atoms with E-state index in [9.17, 15) is 14.3 Å². The number of benzene rings is 2. The first-order valence-corrected chi connectivity index (χ1v) is 14.3. The van der Waals surface area contributed by atoms with Gasteiger partial charge in [-0.15, -0.1) is 0 Å². The number of aromatic amines is 1. The average Bonchev–Trinajstić information content (AvgIpc) is 3.57. The number of ether oxygens (including phenoxy) is 2. The van der Waals surface area contributed by atoms with Crippen molar-refractivity contribution in [3.8, 4) is 5.88 Å². The third-order valence-corrected chi connectivity index (χ3v) is 8.35. The molecule has 2 aliphatic heterocycles. The fourth-order valence-corrected chi connectivity index (χ4v) is 5.86. The highest BCUT2D eigenvalue weighted by molar-refractivity contribution is 5.92. The third kappa shape index (κ3) is 5.33. The maximum absolute atomic E-state index is 14.5. The topological polar surface area (TPSA) is 118 Å². The Morgan fingerprint density at radius 3 is 2.76 bits per heavy atom. The van der Waals surface area contributed by atoms with Crippen LogP contribution in [0.5, 0.6) is 5.88 Å². The first-order chi connectivity index (χ1) is 20.5. The number of imidazole rings is 1. The molecule has 11 heteroatoms. The predicted molar refractivity (Wildman–Crippen MR) is 153 cm³/mol. The minimum Gasteiger partial charge on any atom is -0.478 e. The summed E-state index contributed by atoms with van der Waals surface area (Å²) in [5.41, 5.74) is 4.08. The maximum Gasteiger partial charge on any atom is 0.335 e. The molecule has 2 saturated heterocycles. The van der Waals surface area contributed by atoms with Crippen molar-refractivity contribution >= 4 is 27.9 Å². The van der Waals surface area contributed by atoms with Crippen molar-refractivity contribution in [1.82, 2.24) is 29.6 Å². The average molecular weight is 571 g/mol. The summed E-state index contributed by atoms with van der Waals surface area (Å²) < 4.78 is 28.2. The zero-order valence-electron chi connectivity index (χ0n) is 23.0. The number of carbonyl (C=O) groups is 1. The van der Waals surface area contributed by atoms with Crippen molar-refractivity contribution in [3.05, 3.63) is 83.2 Å². The highest BCUT2D eigenvalue weighted by Gasteiger charge is 2.26. The summed E-state index contributed by atoms with van der Waals surface area (Å²) in [6.45, 7) is 3.96. The van der Waals surface area contributed by atoms with Gasteiger partial charge in [0.15, 0.2) is 0 Å². The molecule has 7 rings (SSSR count). The van der Waals surface area contributed by atoms with Gasteiger partial charge in [0, 0.05) is 35.2 Å². The normalized spacial score (nSPS) is 18.0. The van der Waals surface area contributed by atoms with E-state index in [0.717, 1.165) is 72.4 Å². The summed E-state index contributed by atoms with van der Waals surface area (Å²) >= 11 is 0. The van der Waals surface area contributed by atoms with Crippen LogP contribution in [0.3, 0.4) is 0 Å². The van der Waals surface area contributed by atoms with Gasteiger partial charge in [-0.2, -0.15) is 5.10 Å². The van der Waals surface area contributed by atoms with Crippen molar-refractivity contribution in [2.24, 2.45) is 0 Å². The van der Waals surface area contributed by atoms with Crippen LogP contribution in [-0.4, -0.2) is 66.5 Å². The number of aromatic nitrogens is 5. The number of carboxylic acids is 1. The third-order valence-electron chi connectivity index (χ3n) is 8.35. The van der Waals surface area contributed by atoms with Crippen LogP contribution in [0.4, 0.5) is 4.39 Å². The molecule has 3 aromatic heterocycles. The van der Waals surface area contributed by atoms with E-state index in [2.05, 4.69) is 19.7 Å². The number of nitrogens with zero attached hydrogens (tertiary/aromatic N) is 5. The quantitative estimate of drug-likeness (QED) is 0.257. The summed E-state index contributed by atoms with van der Waals surface area (Å²) in [6.07, 6.45) is 4.60. The van der Waals surface area contributed by atoms with Gasteiger partial charge >= 0.3 is 5.97 Å². The molecule has 10 nitrogen and oxygen atoms in total. The van der Waals surface area contributed by atoms with E-state index in [0.29, 0.717) is 30.5 Å². The maximum atomic E-state index is 14.5. The molecule has 42 heavy (non-hydrogen) atoms. The molecule has 5 aromatic rings. The zero-order valence-corrected chi connectivity index (χ0v) is 23.0. The summed E-state index contributed by atoms with van der Waals surface area (Å²) in [4.78, 5) is 23.6. The molecule has 2 aromatic carbocycles. The highest BCUT2D eigenvalue weighted by atomic mass is 19.1. The van der Waals surface area contributed by atoms with Gasteiger partial charge in [-0.3, -0.25) is 10.00 Å². The number of carboxylic acid groups (broad SMARTS) is 1. The number of nitrogens with one attached hydrogen (secondary N) is 1. The molecule has 216 valence electrons. The lowest BCUT2D eigenvalue weighted by molar-refractivity contribution is -0.0592. The number of halogens is 1. The Balaban J connectivity index is 1.01. The van der Waals surface area contributed by atoms with E-state index in [1.165, 1.54) is 6.07 Å². The highest BCUT2D eigenvalue weighted by Crippen LogP contribution is 2.30. The second-order valence-electron chi connectivity index (χ2n) is 11.1. The SMILES string of the molecule is O=C(O)c1ccc2nc(CN3CCC(c4cccc(OCc5cc6[nH]ncc6cc5F)n4)CC3)n(CC3CCO3)c2c1. The van der Waals surface area contributed by atoms with E-state index in [1.807, 2.05) is 12.1 Å². The fourth-order valence-electron chi connectivity index (χ4n) is 5.86. The number of fused-ring (bicyclic) bond motifs is 2. The molecular formula is C31H31FN6O4. The van der Waals surface area contributed by atoms with Gasteiger partial charge < -0.3 is 19.1 Å². The monoisotopic (exact) mass is 570 g/mol. The van der Waals surface area contributed by atoms with E-state index >= 15 is 0 Å². The second kappa shape index (κ2) is 11.1. The Morgan fingerprint density at radius 2 is 1.98 bits per heavy atom. The largest absolute Gasteiger partial charge is 0.478 e. The Labute approximate surface area is 241 Å². The molecule has 2 N–H and O–H groups in total. The van der Waals surface area contributed by atoms with Crippen LogP contribution >= 0.6 is 0 Å². The molecule has 0 spiro atoms. The first kappa shape index (κ1) is 26.5. The standard InChI is InChI=1S/C31H31FN6O4/c32-24-12-21-15-33-36-27(21)13-22(24)18-42-30-3-1-2-25(35-30)19-6-9-37(10-7-19)17-29-34-26-5-4-20(31(39)40)14-28(26)38(29)16-23-8-11-41-23/h1-5,12-15,19,23H,6-11,16-18H2,(H,33,36)(H,39,40). The molecule has 2 aliphatic rings. The molecule has 0 amide bonds. The van der Waals surface area contributed by atoms with Crippen molar-refractivity contribution in [2.45, 2.75) is 51.0 Å². The van der Waals surface area contributed by atoms with Gasteiger partial charge in [0.1, 0.15) is 18.2 Å². The number of hydrogen-bond acceptors (Lipinski definition) is 7. The fraction of sp³-hybridized carbons (Fsp3) is 0.355. The minimum atomic E-state index is -0.945. The molecule has 1 unspecified atom stereocenters. The number of hydrogen-bond donors (Lipinski definition) is 2. The van der Waals surface area contributed by atoms with E-state index in [-0.39, 0.29) is 24.1 Å². The van der Waals surface area contributed by atoms with Crippen LogP contribution in [0.15, 0.2) is 54.7 Å². The lowest BCUT2D eigenvalue weighted by Crippen LogP contribution is -2.35. The van der Waals surface area contributed by atoms with Crippen molar-refractivity contribution in [2.75, 3.05) is 19.7 Å². The Bertz CT molecular complexity index is 1760. The van der Waals surface area contributed by atoms with Gasteiger partial charge in [0.25, 0.3) is 0 Å². The molecule has 0 saturated carbocycles. The van der Waals surface area contributed by atoms with Crippen LogP contribution in [0.1, 0.15) is 52.6 Å². The number of piperidine rings is 1. The van der Waals surface area contributed by atoms with E-state index in [4.69, 9.17) is 19.4 Å². The Kier molecular flexibility index (Phi) is 7.04. The van der Waals surface area contributed by atoms with Crippen LogP contribution in [0, 0.1) is 5.82 Å². The lowest BCUT2D eigenvalue weighted by Gasteiger charge is -2.32. The van der Waals surface area contributed by atoms with Gasteiger partial charge in [-0.25, -0.2) is 19.2 Å². The van der Waals surface area contributed by atoms with Gasteiger partial charge in [-0.05, 0) is 68.8 Å². The van der Waals surface area contributed by atoms with Gasteiger partial charge in [-0.1, -0.05) is 6.07 Å². The summed E-state index contributed by atoms with van der Waals surface area (Å²) in [5, 5.41) is 17.0. The zero-order chi connectivity index (χ0) is 28.6. The number of aromatic carboxylic acids is 1. The van der Waals surface area contributed by atoms with E-state index < -0.39 is 5.97 Å². The molecule has 0 radical (unpaired) electrons. The van der Waals surface area contributed by atoms with Crippen LogP contribution in [0.2, 0.25) is 0 Å². The smallest absolute Gasteiger partial charge is 0.335 e. The number of pyridine rings is 1. The minimum absolute atomic E-state index is 0.0799. The number of H-pyrrole nitrogens is 1. The van der Waals surface area contributed by atoms with Crippen LogP contribution < -0.4 is 4.74 Å². The molecule has 5 heterocycles. The molecular weight excluding hydrogens is 539 g/mol. The van der Waals surface area contributed by atoms with Crippen molar-refractivity contribution in [1.29, 1.82) is 0 Å². The van der Waals surface area contributed by atoms with E-state index in [1.54, 1.807) is 36.5 Å². The van der Waals surface area contributed by atoms with Crippen molar-refractivity contribution in [3.63, 3.8) is 0 Å².